The van der Waals surface area contributed by atoms with Gasteiger partial charge in [-0.15, -0.1) is 0 Å². The van der Waals surface area contributed by atoms with Crippen LogP contribution >= 0.6 is 0 Å². The molecule has 5 nitrogen and oxygen atoms in total. The van der Waals surface area contributed by atoms with E-state index in [1.54, 1.807) is 6.92 Å². The Kier molecular flexibility index (Phi) is 7.58. The first-order chi connectivity index (χ1) is 7.52. The molecule has 0 saturated carbocycles. The van der Waals surface area contributed by atoms with Crippen LogP contribution < -0.4 is 10.9 Å². The summed E-state index contributed by atoms with van der Waals surface area (Å²) in [6.45, 7) is 6.33. The minimum absolute atomic E-state index is 0.137. The molecule has 0 aromatic heterocycles. The molecule has 0 spiro atoms. The second-order valence-corrected chi connectivity index (χ2v) is 4.07. The molecular weight excluding hydrogens is 208 g/mol. The van der Waals surface area contributed by atoms with Gasteiger partial charge in [0, 0.05) is 24.4 Å². The number of ether oxygens (including phenoxy) is 1. The molecule has 0 aliphatic heterocycles. The lowest BCUT2D eigenvalue weighted by Crippen LogP contribution is -2.46. The summed E-state index contributed by atoms with van der Waals surface area (Å²) in [7, 11) is 0. The van der Waals surface area contributed by atoms with Gasteiger partial charge in [-0.2, -0.15) is 0 Å². The first kappa shape index (κ1) is 14.9. The standard InChI is InChI=1S/C11H22N2O3/c1-4-16-10(15)6-8-12-13-11(2,3)7-5-9-14/h6,8,12-14H,4-5,7,9H2,1-3H3/b8-6+. The number of aliphatic hydroxyl groups excluding tert-OH is 1. The molecule has 94 valence electrons. The summed E-state index contributed by atoms with van der Waals surface area (Å²) >= 11 is 0. The van der Waals surface area contributed by atoms with E-state index in [-0.39, 0.29) is 18.1 Å². The molecule has 0 rings (SSSR count). The van der Waals surface area contributed by atoms with Gasteiger partial charge in [0.25, 0.3) is 0 Å². The highest BCUT2D eigenvalue weighted by molar-refractivity contribution is 5.81. The van der Waals surface area contributed by atoms with Gasteiger partial charge in [-0.3, -0.25) is 0 Å². The van der Waals surface area contributed by atoms with Crippen LogP contribution in [0.2, 0.25) is 0 Å². The molecule has 5 heteroatoms. The van der Waals surface area contributed by atoms with Gasteiger partial charge >= 0.3 is 5.97 Å². The number of hydrogen-bond donors (Lipinski definition) is 3. The van der Waals surface area contributed by atoms with E-state index in [9.17, 15) is 4.79 Å². The van der Waals surface area contributed by atoms with E-state index < -0.39 is 0 Å². The van der Waals surface area contributed by atoms with E-state index in [1.165, 1.54) is 12.3 Å². The quantitative estimate of drug-likeness (QED) is 0.325. The van der Waals surface area contributed by atoms with Crippen molar-refractivity contribution in [1.29, 1.82) is 0 Å². The molecule has 0 aliphatic rings. The maximum atomic E-state index is 10.9. The summed E-state index contributed by atoms with van der Waals surface area (Å²) in [6.07, 6.45) is 4.39. The molecule has 0 amide bonds. The van der Waals surface area contributed by atoms with Gasteiger partial charge < -0.3 is 15.3 Å². The van der Waals surface area contributed by atoms with Crippen molar-refractivity contribution in [1.82, 2.24) is 10.9 Å². The molecule has 3 N–H and O–H groups in total. The molecule has 0 atom stereocenters. The van der Waals surface area contributed by atoms with Crippen molar-refractivity contribution in [3.8, 4) is 0 Å². The number of carbonyl (C=O) groups is 1. The van der Waals surface area contributed by atoms with Crippen LogP contribution in [-0.4, -0.2) is 29.8 Å². The third-order valence-corrected chi connectivity index (χ3v) is 1.96. The SMILES string of the molecule is CCOC(=O)/C=C/NNC(C)(C)CCCO. The normalized spacial score (nSPS) is 11.8. The van der Waals surface area contributed by atoms with E-state index >= 15 is 0 Å². The van der Waals surface area contributed by atoms with Gasteiger partial charge in [0.2, 0.25) is 0 Å². The Labute approximate surface area is 96.8 Å². The number of rotatable bonds is 8. The Hall–Kier alpha value is -1.07. The Morgan fingerprint density at radius 1 is 1.50 bits per heavy atom. The largest absolute Gasteiger partial charge is 0.463 e. The van der Waals surface area contributed by atoms with Crippen molar-refractivity contribution in [2.75, 3.05) is 13.2 Å². The lowest BCUT2D eigenvalue weighted by molar-refractivity contribution is -0.137. The van der Waals surface area contributed by atoms with Crippen LogP contribution in [0.3, 0.4) is 0 Å². The van der Waals surface area contributed by atoms with Gasteiger partial charge in [-0.25, -0.2) is 10.2 Å². The predicted molar refractivity (Wildman–Crippen MR) is 62.4 cm³/mol. The van der Waals surface area contributed by atoms with Gasteiger partial charge in [0.05, 0.1) is 6.61 Å². The Morgan fingerprint density at radius 2 is 2.19 bits per heavy atom. The predicted octanol–water partition coefficient (Wildman–Crippen LogP) is 0.708. The van der Waals surface area contributed by atoms with E-state index in [0.29, 0.717) is 6.61 Å². The summed E-state index contributed by atoms with van der Waals surface area (Å²) in [4.78, 5) is 10.9. The molecule has 0 aliphatic carbocycles. The van der Waals surface area contributed by atoms with Gasteiger partial charge in [-0.05, 0) is 33.6 Å². The second-order valence-electron chi connectivity index (χ2n) is 4.07. The summed E-state index contributed by atoms with van der Waals surface area (Å²) in [5.74, 6) is -0.370. The van der Waals surface area contributed by atoms with Crippen LogP contribution in [0.1, 0.15) is 33.6 Å². The maximum absolute atomic E-state index is 10.9. The Balaban J connectivity index is 3.74. The number of hydrazine groups is 1. The average Bonchev–Trinajstić information content (AvgIpc) is 2.22. The van der Waals surface area contributed by atoms with E-state index in [4.69, 9.17) is 9.84 Å². The summed E-state index contributed by atoms with van der Waals surface area (Å²) < 4.78 is 4.71. The van der Waals surface area contributed by atoms with Crippen LogP contribution in [0.25, 0.3) is 0 Å². The number of esters is 1. The highest BCUT2D eigenvalue weighted by atomic mass is 16.5. The highest BCUT2D eigenvalue weighted by Gasteiger charge is 2.15. The molecular formula is C11H22N2O3. The third-order valence-electron chi connectivity index (χ3n) is 1.96. The third kappa shape index (κ3) is 8.26. The zero-order valence-corrected chi connectivity index (χ0v) is 10.2. The highest BCUT2D eigenvalue weighted by Crippen LogP contribution is 2.08. The first-order valence-electron chi connectivity index (χ1n) is 5.48. The summed E-state index contributed by atoms with van der Waals surface area (Å²) in [5.41, 5.74) is 5.71. The van der Waals surface area contributed by atoms with E-state index in [2.05, 4.69) is 10.9 Å². The van der Waals surface area contributed by atoms with Crippen LogP contribution in [0.4, 0.5) is 0 Å². The van der Waals surface area contributed by atoms with Crippen LogP contribution in [-0.2, 0) is 9.53 Å². The number of nitrogens with one attached hydrogen (secondary N) is 2. The fraction of sp³-hybridized carbons (Fsp3) is 0.727. The number of aliphatic hydroxyl groups is 1. The first-order valence-corrected chi connectivity index (χ1v) is 5.48. The van der Waals surface area contributed by atoms with Gasteiger partial charge in [-0.1, -0.05) is 0 Å². The molecule has 0 bridgehead atoms. The minimum atomic E-state index is -0.370. The van der Waals surface area contributed by atoms with E-state index in [1.807, 2.05) is 13.8 Å². The van der Waals surface area contributed by atoms with Gasteiger partial charge in [0.15, 0.2) is 0 Å². The summed E-state index contributed by atoms with van der Waals surface area (Å²) in [5, 5.41) is 8.71. The monoisotopic (exact) mass is 230 g/mol. The van der Waals surface area contributed by atoms with Crippen LogP contribution in [0, 0.1) is 0 Å². The zero-order valence-electron chi connectivity index (χ0n) is 10.2. The lowest BCUT2D eigenvalue weighted by Gasteiger charge is -2.25. The van der Waals surface area contributed by atoms with E-state index in [0.717, 1.165) is 12.8 Å². The van der Waals surface area contributed by atoms with Crippen molar-refractivity contribution < 1.29 is 14.6 Å². The topological polar surface area (TPSA) is 70.6 Å². The molecule has 0 aromatic rings. The molecule has 0 unspecified atom stereocenters. The number of hydrogen-bond acceptors (Lipinski definition) is 5. The van der Waals surface area contributed by atoms with Crippen molar-refractivity contribution in [2.45, 2.75) is 39.2 Å². The number of carbonyl (C=O) groups excluding carboxylic acids is 1. The fourth-order valence-corrected chi connectivity index (χ4v) is 1.12. The molecule has 0 fully saturated rings. The molecule has 0 aromatic carbocycles. The lowest BCUT2D eigenvalue weighted by atomic mass is 10.00. The smallest absolute Gasteiger partial charge is 0.332 e. The van der Waals surface area contributed by atoms with Gasteiger partial charge in [0.1, 0.15) is 0 Å². The van der Waals surface area contributed by atoms with Crippen molar-refractivity contribution in [2.24, 2.45) is 0 Å². The Morgan fingerprint density at radius 3 is 2.75 bits per heavy atom. The Bertz CT molecular complexity index is 227. The molecule has 0 saturated heterocycles. The minimum Gasteiger partial charge on any atom is -0.463 e. The van der Waals surface area contributed by atoms with Crippen LogP contribution in [0.5, 0.6) is 0 Å². The molecule has 0 radical (unpaired) electrons. The fourth-order valence-electron chi connectivity index (χ4n) is 1.12. The van der Waals surface area contributed by atoms with Crippen LogP contribution in [0.15, 0.2) is 12.3 Å². The van der Waals surface area contributed by atoms with Crippen molar-refractivity contribution in [3.05, 3.63) is 12.3 Å². The molecule has 16 heavy (non-hydrogen) atoms. The summed E-state index contributed by atoms with van der Waals surface area (Å²) in [6, 6.07) is 0. The maximum Gasteiger partial charge on any atom is 0.332 e. The molecule has 0 heterocycles. The van der Waals surface area contributed by atoms with Crippen molar-refractivity contribution in [3.63, 3.8) is 0 Å². The average molecular weight is 230 g/mol. The van der Waals surface area contributed by atoms with Crippen molar-refractivity contribution >= 4 is 5.97 Å². The second kappa shape index (κ2) is 8.13. The zero-order chi connectivity index (χ0) is 12.4.